The first kappa shape index (κ1) is 23.6. The van der Waals surface area contributed by atoms with Crippen molar-refractivity contribution in [3.05, 3.63) is 49.1 Å². The highest BCUT2D eigenvalue weighted by atomic mass is 19.3. The van der Waals surface area contributed by atoms with E-state index in [-0.39, 0.29) is 44.1 Å². The summed E-state index contributed by atoms with van der Waals surface area (Å²) in [6.07, 6.45) is 6.64. The van der Waals surface area contributed by atoms with Crippen LogP contribution >= 0.6 is 0 Å². The molecule has 3 aromatic heterocycles. The van der Waals surface area contributed by atoms with Crippen molar-refractivity contribution in [2.45, 2.75) is 37.6 Å². The van der Waals surface area contributed by atoms with Crippen LogP contribution in [0.4, 0.5) is 24.2 Å². The molecule has 1 saturated carbocycles. The highest BCUT2D eigenvalue weighted by Gasteiger charge is 2.42. The van der Waals surface area contributed by atoms with E-state index in [0.717, 1.165) is 10.5 Å². The third-order valence-electron chi connectivity index (χ3n) is 6.35. The fraction of sp³-hybridized carbons (Fsp3) is 0.375. The van der Waals surface area contributed by atoms with Gasteiger partial charge in [0.2, 0.25) is 5.92 Å². The van der Waals surface area contributed by atoms with Crippen LogP contribution in [-0.2, 0) is 7.05 Å². The smallest absolute Gasteiger partial charge is 0.331 e. The number of amides is 4. The first-order chi connectivity index (χ1) is 17.3. The Hall–Kier alpha value is -4.09. The summed E-state index contributed by atoms with van der Waals surface area (Å²) in [5.41, 5.74) is 1.57. The van der Waals surface area contributed by atoms with E-state index in [9.17, 15) is 18.4 Å². The summed E-state index contributed by atoms with van der Waals surface area (Å²) in [6.45, 7) is 0.524. The zero-order valence-electron chi connectivity index (χ0n) is 19.6. The molecule has 3 aromatic rings. The van der Waals surface area contributed by atoms with Gasteiger partial charge in [-0.25, -0.2) is 28.3 Å². The van der Waals surface area contributed by atoms with Crippen LogP contribution in [0.2, 0.25) is 0 Å². The Morgan fingerprint density at radius 3 is 2.61 bits per heavy atom. The molecule has 4 amide bonds. The van der Waals surface area contributed by atoms with E-state index < -0.39 is 18.0 Å². The third-order valence-corrected chi connectivity index (χ3v) is 6.35. The molecule has 2 fully saturated rings. The van der Waals surface area contributed by atoms with Gasteiger partial charge >= 0.3 is 12.1 Å². The van der Waals surface area contributed by atoms with E-state index in [4.69, 9.17) is 4.74 Å². The second-order valence-corrected chi connectivity index (χ2v) is 8.91. The third kappa shape index (κ3) is 5.11. The lowest BCUT2D eigenvalue weighted by atomic mass is 9.91. The van der Waals surface area contributed by atoms with E-state index in [1.807, 2.05) is 13.2 Å². The van der Waals surface area contributed by atoms with Crippen molar-refractivity contribution in [1.29, 1.82) is 0 Å². The fourth-order valence-electron chi connectivity index (χ4n) is 4.43. The fourth-order valence-corrected chi connectivity index (χ4v) is 4.43. The standard InChI is InChI=1S/C24H25F2N7O3/c1-31-15-16(13-29-31)20-12-18(6-9-27-20)36-19-2-3-21(28-14-19)30-22(34)33-11-10-32(23(33)35)17-4-7-24(25,26)8-5-17/h2-3,6,9,12-15,17H,4-5,7-8,10-11H2,1H3,(H,28,30,34). The van der Waals surface area contributed by atoms with Crippen LogP contribution in [0.25, 0.3) is 11.3 Å². The van der Waals surface area contributed by atoms with Gasteiger partial charge < -0.3 is 9.64 Å². The number of rotatable bonds is 5. The number of carbonyl (C=O) groups excluding carboxylic acids is 2. The topological polar surface area (TPSA) is 105 Å². The Balaban J connectivity index is 1.17. The Bertz CT molecular complexity index is 1250. The minimum Gasteiger partial charge on any atom is -0.456 e. The zero-order valence-corrected chi connectivity index (χ0v) is 19.6. The number of nitrogens with one attached hydrogen (secondary N) is 1. The van der Waals surface area contributed by atoms with Gasteiger partial charge in [-0.2, -0.15) is 5.10 Å². The molecule has 36 heavy (non-hydrogen) atoms. The molecular formula is C24H25F2N7O3. The average Bonchev–Trinajstić information content (AvgIpc) is 3.46. The number of nitrogens with zero attached hydrogens (tertiary/aromatic N) is 6. The molecule has 5 rings (SSSR count). The largest absolute Gasteiger partial charge is 0.456 e. The lowest BCUT2D eigenvalue weighted by molar-refractivity contribution is -0.0483. The SMILES string of the molecule is Cn1cc(-c2cc(Oc3ccc(NC(=O)N4CCN(C5CCC(F)(F)CC5)C4=O)nc3)ccn2)cn1. The zero-order chi connectivity index (χ0) is 25.3. The molecule has 0 radical (unpaired) electrons. The molecule has 1 saturated heterocycles. The van der Waals surface area contributed by atoms with Crippen molar-refractivity contribution in [2.75, 3.05) is 18.4 Å². The lowest BCUT2D eigenvalue weighted by Gasteiger charge is -2.34. The molecule has 188 valence electrons. The predicted octanol–water partition coefficient (Wildman–Crippen LogP) is 4.52. The van der Waals surface area contributed by atoms with Crippen molar-refractivity contribution in [2.24, 2.45) is 7.05 Å². The number of pyridine rings is 2. The van der Waals surface area contributed by atoms with Crippen LogP contribution in [-0.4, -0.2) is 66.7 Å². The quantitative estimate of drug-likeness (QED) is 0.556. The number of aryl methyl sites for hydroxylation is 1. The number of aromatic nitrogens is 4. The van der Waals surface area contributed by atoms with Crippen molar-refractivity contribution < 1.29 is 23.1 Å². The molecule has 10 nitrogen and oxygen atoms in total. The highest BCUT2D eigenvalue weighted by Crippen LogP contribution is 2.36. The number of anilines is 1. The molecule has 0 aromatic carbocycles. The molecule has 1 N–H and O–H groups in total. The molecule has 4 heterocycles. The number of alkyl halides is 2. The maximum Gasteiger partial charge on any atom is 0.331 e. The molecule has 0 atom stereocenters. The van der Waals surface area contributed by atoms with Crippen molar-refractivity contribution in [3.8, 4) is 22.8 Å². The highest BCUT2D eigenvalue weighted by molar-refractivity contribution is 6.01. The van der Waals surface area contributed by atoms with E-state index in [1.165, 1.54) is 11.1 Å². The minimum atomic E-state index is -2.67. The minimum absolute atomic E-state index is 0.195. The van der Waals surface area contributed by atoms with Crippen molar-refractivity contribution in [1.82, 2.24) is 29.5 Å². The van der Waals surface area contributed by atoms with Gasteiger partial charge in [0.15, 0.2) is 0 Å². The molecule has 12 heteroatoms. The number of hydrogen-bond acceptors (Lipinski definition) is 6. The Labute approximate surface area is 205 Å². The van der Waals surface area contributed by atoms with E-state index >= 15 is 0 Å². The van der Waals surface area contributed by atoms with Crippen LogP contribution in [0.5, 0.6) is 11.5 Å². The molecule has 0 bridgehead atoms. The normalized spacial score (nSPS) is 17.9. The van der Waals surface area contributed by atoms with Gasteiger partial charge in [-0.1, -0.05) is 0 Å². The van der Waals surface area contributed by atoms with Crippen LogP contribution in [0.1, 0.15) is 25.7 Å². The first-order valence-electron chi connectivity index (χ1n) is 11.6. The molecule has 1 aliphatic heterocycles. The van der Waals surface area contributed by atoms with Gasteiger partial charge in [-0.15, -0.1) is 0 Å². The van der Waals surface area contributed by atoms with Gasteiger partial charge in [0.25, 0.3) is 0 Å². The van der Waals surface area contributed by atoms with E-state index in [2.05, 4.69) is 20.4 Å². The summed E-state index contributed by atoms with van der Waals surface area (Å²) in [7, 11) is 1.83. The van der Waals surface area contributed by atoms with Gasteiger partial charge in [0, 0.05) is 63.0 Å². The van der Waals surface area contributed by atoms with Crippen LogP contribution < -0.4 is 10.1 Å². The molecule has 1 aliphatic carbocycles. The molecule has 2 aliphatic rings. The van der Waals surface area contributed by atoms with E-state index in [0.29, 0.717) is 23.7 Å². The maximum atomic E-state index is 13.4. The van der Waals surface area contributed by atoms with Gasteiger partial charge in [-0.3, -0.25) is 15.0 Å². The second-order valence-electron chi connectivity index (χ2n) is 8.91. The number of imide groups is 1. The molecule has 0 spiro atoms. The summed E-state index contributed by atoms with van der Waals surface area (Å²) >= 11 is 0. The van der Waals surface area contributed by atoms with Gasteiger partial charge in [0.05, 0.1) is 18.1 Å². The number of urea groups is 2. The van der Waals surface area contributed by atoms with Crippen LogP contribution in [0.3, 0.4) is 0 Å². The lowest BCUT2D eigenvalue weighted by Crippen LogP contribution is -2.45. The number of ether oxygens (including phenoxy) is 1. The number of carbonyl (C=O) groups is 2. The van der Waals surface area contributed by atoms with Crippen LogP contribution in [0, 0.1) is 0 Å². The second kappa shape index (κ2) is 9.51. The Kier molecular flexibility index (Phi) is 6.25. The van der Waals surface area contributed by atoms with E-state index in [1.54, 1.807) is 41.3 Å². The monoisotopic (exact) mass is 497 g/mol. The molecular weight excluding hydrogens is 472 g/mol. The summed E-state index contributed by atoms with van der Waals surface area (Å²) < 4.78 is 34.4. The predicted molar refractivity (Wildman–Crippen MR) is 126 cm³/mol. The molecule has 0 unspecified atom stereocenters. The Morgan fingerprint density at radius 1 is 1.11 bits per heavy atom. The Morgan fingerprint density at radius 2 is 1.92 bits per heavy atom. The number of halogens is 2. The maximum absolute atomic E-state index is 13.4. The van der Waals surface area contributed by atoms with Gasteiger partial charge in [0.1, 0.15) is 17.3 Å². The van der Waals surface area contributed by atoms with Crippen molar-refractivity contribution >= 4 is 17.9 Å². The number of hydrogen-bond donors (Lipinski definition) is 1. The summed E-state index contributed by atoms with van der Waals surface area (Å²) in [4.78, 5) is 36.5. The first-order valence-corrected chi connectivity index (χ1v) is 11.6. The summed E-state index contributed by atoms with van der Waals surface area (Å²) in [5.74, 6) is -1.40. The summed E-state index contributed by atoms with van der Waals surface area (Å²) in [6, 6.07) is 5.37. The van der Waals surface area contributed by atoms with Crippen LogP contribution in [0.15, 0.2) is 49.1 Å². The average molecular weight is 498 g/mol. The van der Waals surface area contributed by atoms with Crippen molar-refractivity contribution in [3.63, 3.8) is 0 Å². The summed E-state index contributed by atoms with van der Waals surface area (Å²) in [5, 5.41) is 6.75. The van der Waals surface area contributed by atoms with Gasteiger partial charge in [-0.05, 0) is 31.0 Å².